The van der Waals surface area contributed by atoms with Crippen LogP contribution in [0, 0.1) is 0 Å². The van der Waals surface area contributed by atoms with E-state index < -0.39 is 21.7 Å². The average molecular weight is 317 g/mol. The molecule has 0 aliphatic carbocycles. The molecule has 0 atom stereocenters. The Morgan fingerprint density at radius 3 is 2.55 bits per heavy atom. The van der Waals surface area contributed by atoms with Crippen LogP contribution in [-0.2, 0) is 14.6 Å². The minimum atomic E-state index is -3.93. The molecule has 2 aromatic rings. The van der Waals surface area contributed by atoms with Crippen molar-refractivity contribution >= 4 is 27.4 Å². The maximum Gasteiger partial charge on any atom is 0.337 e. The van der Waals surface area contributed by atoms with Crippen LogP contribution in [0.5, 0.6) is 0 Å². The third-order valence-electron chi connectivity index (χ3n) is 3.36. The lowest BCUT2D eigenvalue weighted by Gasteiger charge is -2.07. The minimum Gasteiger partial charge on any atom is -0.465 e. The molecule has 1 N–H and O–H groups in total. The predicted octanol–water partition coefficient (Wildman–Crippen LogP) is 1.87. The molecule has 0 spiro atoms. The summed E-state index contributed by atoms with van der Waals surface area (Å²) in [5.41, 5.74) is 0.268. The van der Waals surface area contributed by atoms with Crippen molar-refractivity contribution in [2.45, 2.75) is 9.79 Å². The summed E-state index contributed by atoms with van der Waals surface area (Å²) in [6.45, 7) is 0. The standard InChI is InChI=1S/C15H11NO5S/c1-21-15(18)9-6-7-10-13(8-9)22(19,20)12-5-3-2-4-11(12)16-14(10)17/h2-8H,1H3,(H,16,17). The highest BCUT2D eigenvalue weighted by molar-refractivity contribution is 7.91. The Bertz CT molecular complexity index is 902. The number of sulfone groups is 1. The molecule has 22 heavy (non-hydrogen) atoms. The second kappa shape index (κ2) is 4.96. The molecule has 6 nitrogen and oxygen atoms in total. The summed E-state index contributed by atoms with van der Waals surface area (Å²) >= 11 is 0. The number of anilines is 1. The van der Waals surface area contributed by atoms with Crippen LogP contribution in [0.2, 0.25) is 0 Å². The Balaban J connectivity index is 2.33. The zero-order valence-corrected chi connectivity index (χ0v) is 12.3. The molecule has 0 unspecified atom stereocenters. The molecule has 7 heteroatoms. The second-order valence-electron chi connectivity index (χ2n) is 4.66. The van der Waals surface area contributed by atoms with Crippen LogP contribution in [0.15, 0.2) is 52.3 Å². The smallest absolute Gasteiger partial charge is 0.337 e. The zero-order chi connectivity index (χ0) is 15.9. The number of para-hydroxylation sites is 1. The van der Waals surface area contributed by atoms with Crippen molar-refractivity contribution in [2.24, 2.45) is 0 Å². The van der Waals surface area contributed by atoms with Crippen molar-refractivity contribution < 1.29 is 22.7 Å². The van der Waals surface area contributed by atoms with E-state index in [0.717, 1.165) is 6.07 Å². The van der Waals surface area contributed by atoms with Crippen LogP contribution < -0.4 is 5.32 Å². The van der Waals surface area contributed by atoms with Crippen LogP contribution in [0.3, 0.4) is 0 Å². The topological polar surface area (TPSA) is 89.5 Å². The van der Waals surface area contributed by atoms with Gasteiger partial charge in [-0.3, -0.25) is 4.79 Å². The van der Waals surface area contributed by atoms with Gasteiger partial charge in [-0.15, -0.1) is 0 Å². The first-order chi connectivity index (χ1) is 10.4. The molecule has 0 saturated heterocycles. The van der Waals surface area contributed by atoms with E-state index in [2.05, 4.69) is 10.1 Å². The molecule has 2 aromatic carbocycles. The molecule has 0 saturated carbocycles. The van der Waals surface area contributed by atoms with Crippen molar-refractivity contribution in [2.75, 3.05) is 12.4 Å². The molecule has 0 radical (unpaired) electrons. The normalized spacial score (nSPS) is 15.0. The van der Waals surface area contributed by atoms with Gasteiger partial charge in [0.05, 0.1) is 33.7 Å². The van der Waals surface area contributed by atoms with E-state index in [4.69, 9.17) is 0 Å². The van der Waals surface area contributed by atoms with E-state index in [0.29, 0.717) is 0 Å². The largest absolute Gasteiger partial charge is 0.465 e. The number of hydrogen-bond donors (Lipinski definition) is 1. The molecule has 1 amide bonds. The second-order valence-corrected chi connectivity index (χ2v) is 6.54. The molecular formula is C15H11NO5S. The number of hydrogen-bond acceptors (Lipinski definition) is 5. The van der Waals surface area contributed by atoms with Gasteiger partial charge in [0.15, 0.2) is 0 Å². The number of nitrogens with one attached hydrogen (secondary N) is 1. The summed E-state index contributed by atoms with van der Waals surface area (Å²) < 4.78 is 30.1. The first kappa shape index (κ1) is 14.3. The van der Waals surface area contributed by atoms with Gasteiger partial charge in [-0.25, -0.2) is 13.2 Å². The van der Waals surface area contributed by atoms with Gasteiger partial charge >= 0.3 is 5.97 Å². The first-order valence-electron chi connectivity index (χ1n) is 6.33. The number of carbonyl (C=O) groups is 2. The van der Waals surface area contributed by atoms with Crippen LogP contribution >= 0.6 is 0 Å². The fourth-order valence-electron chi connectivity index (χ4n) is 2.29. The van der Waals surface area contributed by atoms with Gasteiger partial charge in [0.2, 0.25) is 9.84 Å². The maximum absolute atomic E-state index is 12.8. The van der Waals surface area contributed by atoms with E-state index in [9.17, 15) is 18.0 Å². The molecule has 3 rings (SSSR count). The fraction of sp³-hybridized carbons (Fsp3) is 0.0667. The van der Waals surface area contributed by atoms with Crippen molar-refractivity contribution in [3.63, 3.8) is 0 Å². The molecule has 1 aliphatic rings. The predicted molar refractivity (Wildman–Crippen MR) is 77.6 cm³/mol. The highest BCUT2D eigenvalue weighted by Crippen LogP contribution is 2.33. The van der Waals surface area contributed by atoms with Crippen LogP contribution in [0.4, 0.5) is 5.69 Å². The quantitative estimate of drug-likeness (QED) is 0.811. The Kier molecular flexibility index (Phi) is 3.22. The maximum atomic E-state index is 12.8. The SMILES string of the molecule is COC(=O)c1ccc2c(c1)S(=O)(=O)c1ccccc1NC2=O. The van der Waals surface area contributed by atoms with Gasteiger partial charge in [0.1, 0.15) is 0 Å². The van der Waals surface area contributed by atoms with E-state index in [1.165, 1.54) is 31.4 Å². The van der Waals surface area contributed by atoms with E-state index in [1.807, 2.05) is 0 Å². The van der Waals surface area contributed by atoms with Crippen molar-refractivity contribution in [1.29, 1.82) is 0 Å². The Labute approximate surface area is 126 Å². The van der Waals surface area contributed by atoms with Crippen LogP contribution in [0.25, 0.3) is 0 Å². The lowest BCUT2D eigenvalue weighted by atomic mass is 10.1. The van der Waals surface area contributed by atoms with Crippen molar-refractivity contribution in [3.8, 4) is 0 Å². The highest BCUT2D eigenvalue weighted by Gasteiger charge is 2.31. The summed E-state index contributed by atoms with van der Waals surface area (Å²) in [6.07, 6.45) is 0. The van der Waals surface area contributed by atoms with Gasteiger partial charge in [-0.2, -0.15) is 0 Å². The molecule has 1 heterocycles. The number of rotatable bonds is 1. The monoisotopic (exact) mass is 317 g/mol. The zero-order valence-electron chi connectivity index (χ0n) is 11.5. The Morgan fingerprint density at radius 2 is 1.82 bits per heavy atom. The van der Waals surface area contributed by atoms with Crippen molar-refractivity contribution in [3.05, 3.63) is 53.6 Å². The van der Waals surface area contributed by atoms with Gasteiger partial charge in [0.25, 0.3) is 5.91 Å². The molecule has 0 bridgehead atoms. The van der Waals surface area contributed by atoms with E-state index in [1.54, 1.807) is 12.1 Å². The van der Waals surface area contributed by atoms with E-state index in [-0.39, 0.29) is 26.6 Å². The van der Waals surface area contributed by atoms with Crippen LogP contribution in [0.1, 0.15) is 20.7 Å². The number of ether oxygens (including phenoxy) is 1. The van der Waals surface area contributed by atoms with E-state index >= 15 is 0 Å². The van der Waals surface area contributed by atoms with Gasteiger partial charge in [-0.05, 0) is 30.3 Å². The number of methoxy groups -OCH3 is 1. The molecule has 112 valence electrons. The number of benzene rings is 2. The number of amides is 1. The third-order valence-corrected chi connectivity index (χ3v) is 5.21. The summed E-state index contributed by atoms with van der Waals surface area (Å²) in [5, 5.41) is 2.56. The highest BCUT2D eigenvalue weighted by atomic mass is 32.2. The lowest BCUT2D eigenvalue weighted by molar-refractivity contribution is 0.0600. The summed E-state index contributed by atoms with van der Waals surface area (Å²) in [7, 11) is -2.73. The van der Waals surface area contributed by atoms with Gasteiger partial charge < -0.3 is 10.1 Å². The van der Waals surface area contributed by atoms with Gasteiger partial charge in [-0.1, -0.05) is 12.1 Å². The molecular weight excluding hydrogens is 306 g/mol. The summed E-state index contributed by atoms with van der Waals surface area (Å²) in [5.74, 6) is -1.21. The minimum absolute atomic E-state index is 0.0101. The summed E-state index contributed by atoms with van der Waals surface area (Å²) in [4.78, 5) is 23.6. The Hall–Kier alpha value is -2.67. The van der Waals surface area contributed by atoms with Crippen molar-refractivity contribution in [1.82, 2.24) is 0 Å². The molecule has 0 aromatic heterocycles. The molecule has 1 aliphatic heterocycles. The molecule has 0 fully saturated rings. The Morgan fingerprint density at radius 1 is 1.09 bits per heavy atom. The number of fused-ring (bicyclic) bond motifs is 2. The third kappa shape index (κ3) is 2.06. The summed E-state index contributed by atoms with van der Waals surface area (Å²) in [6, 6.07) is 9.94. The number of esters is 1. The average Bonchev–Trinajstić information content (AvgIpc) is 2.61. The number of carbonyl (C=O) groups excluding carboxylic acids is 2. The lowest BCUT2D eigenvalue weighted by Crippen LogP contribution is -2.13. The van der Waals surface area contributed by atoms with Crippen LogP contribution in [-0.4, -0.2) is 27.4 Å². The van der Waals surface area contributed by atoms with Gasteiger partial charge in [0, 0.05) is 0 Å². The first-order valence-corrected chi connectivity index (χ1v) is 7.81. The fourth-order valence-corrected chi connectivity index (χ4v) is 3.93.